The van der Waals surface area contributed by atoms with Gasteiger partial charge in [0.2, 0.25) is 0 Å². The molecular formula is C21H24FNO6. The highest BCUT2D eigenvalue weighted by atomic mass is 19.1. The highest BCUT2D eigenvalue weighted by molar-refractivity contribution is 5.83. The van der Waals surface area contributed by atoms with Crippen molar-refractivity contribution in [3.63, 3.8) is 0 Å². The summed E-state index contributed by atoms with van der Waals surface area (Å²) in [5.74, 6) is -0.439. The lowest BCUT2D eigenvalue weighted by molar-refractivity contribution is -0.154. The zero-order valence-corrected chi connectivity index (χ0v) is 16.8. The number of methoxy groups -OCH3 is 3. The van der Waals surface area contributed by atoms with Crippen molar-refractivity contribution >= 4 is 11.9 Å². The number of hydrogen-bond donors (Lipinski definition) is 1. The second kappa shape index (κ2) is 10.3. The number of amides is 1. The Morgan fingerprint density at radius 1 is 0.931 bits per heavy atom. The molecule has 0 aliphatic rings. The summed E-state index contributed by atoms with van der Waals surface area (Å²) in [6.07, 6.45) is -1.15. The average molecular weight is 405 g/mol. The van der Waals surface area contributed by atoms with Gasteiger partial charge in [0.05, 0.1) is 27.8 Å². The first-order chi connectivity index (χ1) is 13.9. The second-order valence-corrected chi connectivity index (χ2v) is 6.18. The van der Waals surface area contributed by atoms with Crippen molar-refractivity contribution in [2.75, 3.05) is 21.3 Å². The Balaban J connectivity index is 1.87. The van der Waals surface area contributed by atoms with Gasteiger partial charge in [0, 0.05) is 6.54 Å². The van der Waals surface area contributed by atoms with Gasteiger partial charge in [0.15, 0.2) is 29.2 Å². The number of nitrogens with one attached hydrogen (secondary N) is 1. The Morgan fingerprint density at radius 3 is 2.17 bits per heavy atom. The molecule has 2 aromatic carbocycles. The van der Waals surface area contributed by atoms with E-state index in [1.54, 1.807) is 24.3 Å². The van der Waals surface area contributed by atoms with Crippen LogP contribution in [0, 0.1) is 5.82 Å². The third kappa shape index (κ3) is 6.10. The Hall–Kier alpha value is -3.29. The van der Waals surface area contributed by atoms with Crippen molar-refractivity contribution in [1.82, 2.24) is 5.32 Å². The SMILES string of the molecule is COc1ccc(CC(=O)O[C@@H](C)C(=O)NCc2ccc(OC)c(OC)c2)cc1F. The molecule has 0 saturated heterocycles. The van der Waals surface area contributed by atoms with Crippen LogP contribution in [-0.2, 0) is 27.3 Å². The molecule has 2 aromatic rings. The predicted octanol–water partition coefficient (Wildman–Crippen LogP) is 2.64. The molecule has 29 heavy (non-hydrogen) atoms. The first-order valence-electron chi connectivity index (χ1n) is 8.88. The summed E-state index contributed by atoms with van der Waals surface area (Å²) in [5, 5.41) is 2.69. The lowest BCUT2D eigenvalue weighted by atomic mass is 10.1. The lowest BCUT2D eigenvalue weighted by Crippen LogP contribution is -2.35. The van der Waals surface area contributed by atoms with Gasteiger partial charge in [-0.05, 0) is 42.3 Å². The van der Waals surface area contributed by atoms with Gasteiger partial charge < -0.3 is 24.3 Å². The van der Waals surface area contributed by atoms with Crippen molar-refractivity contribution in [3.8, 4) is 17.2 Å². The molecule has 2 rings (SSSR count). The monoisotopic (exact) mass is 405 g/mol. The van der Waals surface area contributed by atoms with Gasteiger partial charge in [-0.2, -0.15) is 0 Å². The topological polar surface area (TPSA) is 83.1 Å². The molecule has 0 aliphatic carbocycles. The Morgan fingerprint density at radius 2 is 1.55 bits per heavy atom. The average Bonchev–Trinajstić information content (AvgIpc) is 2.71. The smallest absolute Gasteiger partial charge is 0.311 e. The third-order valence-electron chi connectivity index (χ3n) is 4.16. The molecule has 7 nitrogen and oxygen atoms in total. The van der Waals surface area contributed by atoms with Crippen LogP contribution in [0.25, 0.3) is 0 Å². The number of esters is 1. The van der Waals surface area contributed by atoms with Gasteiger partial charge in [-0.15, -0.1) is 0 Å². The first kappa shape index (κ1) is 22.0. The van der Waals surface area contributed by atoms with E-state index in [1.807, 2.05) is 0 Å². The van der Waals surface area contributed by atoms with E-state index >= 15 is 0 Å². The zero-order chi connectivity index (χ0) is 21.4. The molecule has 8 heteroatoms. The number of ether oxygens (including phenoxy) is 4. The fourth-order valence-corrected chi connectivity index (χ4v) is 2.60. The van der Waals surface area contributed by atoms with Gasteiger partial charge in [0.1, 0.15) is 0 Å². The summed E-state index contributed by atoms with van der Waals surface area (Å²) in [4.78, 5) is 24.2. The molecule has 0 fully saturated rings. The third-order valence-corrected chi connectivity index (χ3v) is 4.16. The molecular weight excluding hydrogens is 381 g/mol. The Kier molecular flexibility index (Phi) is 7.82. The Bertz CT molecular complexity index is 870. The normalized spacial score (nSPS) is 11.3. The van der Waals surface area contributed by atoms with Crippen LogP contribution in [0.1, 0.15) is 18.1 Å². The minimum atomic E-state index is -0.995. The largest absolute Gasteiger partial charge is 0.494 e. The number of rotatable bonds is 9. The van der Waals surface area contributed by atoms with Crippen molar-refractivity contribution in [2.45, 2.75) is 26.0 Å². The Labute approximate surface area is 168 Å². The molecule has 0 aliphatic heterocycles. The number of carbonyl (C=O) groups is 2. The summed E-state index contributed by atoms with van der Waals surface area (Å²) in [7, 11) is 4.42. The van der Waals surface area contributed by atoms with Crippen molar-refractivity contribution in [3.05, 3.63) is 53.3 Å². The van der Waals surface area contributed by atoms with E-state index in [0.29, 0.717) is 17.1 Å². The van der Waals surface area contributed by atoms with Crippen molar-refractivity contribution < 1.29 is 32.9 Å². The molecule has 1 amide bonds. The fourth-order valence-electron chi connectivity index (χ4n) is 2.60. The number of benzene rings is 2. The van der Waals surface area contributed by atoms with Gasteiger partial charge in [-0.1, -0.05) is 12.1 Å². The minimum Gasteiger partial charge on any atom is -0.494 e. The van der Waals surface area contributed by atoms with Gasteiger partial charge >= 0.3 is 5.97 Å². The summed E-state index contributed by atoms with van der Waals surface area (Å²) in [6.45, 7) is 1.70. The van der Waals surface area contributed by atoms with Crippen LogP contribution in [0.3, 0.4) is 0 Å². The van der Waals surface area contributed by atoms with Gasteiger partial charge in [-0.25, -0.2) is 4.39 Å². The zero-order valence-electron chi connectivity index (χ0n) is 16.8. The molecule has 1 atom stereocenters. The second-order valence-electron chi connectivity index (χ2n) is 6.18. The van der Waals surface area contributed by atoms with Crippen molar-refractivity contribution in [2.24, 2.45) is 0 Å². The number of hydrogen-bond acceptors (Lipinski definition) is 6. The molecule has 0 heterocycles. The molecule has 0 radical (unpaired) electrons. The van der Waals surface area contributed by atoms with E-state index in [4.69, 9.17) is 18.9 Å². The molecule has 0 bridgehead atoms. The summed E-state index contributed by atoms with van der Waals surface area (Å²) < 4.78 is 34.1. The maximum absolute atomic E-state index is 13.7. The van der Waals surface area contributed by atoms with E-state index in [-0.39, 0.29) is 18.7 Å². The van der Waals surface area contributed by atoms with Crippen LogP contribution in [0.4, 0.5) is 4.39 Å². The first-order valence-corrected chi connectivity index (χ1v) is 8.88. The minimum absolute atomic E-state index is 0.0880. The number of halogens is 1. The van der Waals surface area contributed by atoms with Crippen LogP contribution in [0.5, 0.6) is 17.2 Å². The molecule has 0 unspecified atom stereocenters. The van der Waals surface area contributed by atoms with Gasteiger partial charge in [-0.3, -0.25) is 9.59 Å². The van der Waals surface area contributed by atoms with Crippen LogP contribution in [0.15, 0.2) is 36.4 Å². The highest BCUT2D eigenvalue weighted by Crippen LogP contribution is 2.27. The molecule has 0 saturated carbocycles. The molecule has 0 aromatic heterocycles. The quantitative estimate of drug-likeness (QED) is 0.646. The van der Waals surface area contributed by atoms with E-state index < -0.39 is 23.8 Å². The highest BCUT2D eigenvalue weighted by Gasteiger charge is 2.18. The molecule has 156 valence electrons. The van der Waals surface area contributed by atoms with E-state index in [9.17, 15) is 14.0 Å². The van der Waals surface area contributed by atoms with Gasteiger partial charge in [0.25, 0.3) is 5.91 Å². The summed E-state index contributed by atoms with van der Waals surface area (Å²) in [5.41, 5.74) is 1.22. The fraction of sp³-hybridized carbons (Fsp3) is 0.333. The predicted molar refractivity (Wildman–Crippen MR) is 104 cm³/mol. The maximum atomic E-state index is 13.7. The van der Waals surface area contributed by atoms with Crippen LogP contribution < -0.4 is 19.5 Å². The van der Waals surface area contributed by atoms with Crippen molar-refractivity contribution in [1.29, 1.82) is 0 Å². The standard InChI is InChI=1S/C21H24FNO6/c1-13(29-20(24)11-14-5-7-17(26-2)16(22)9-14)21(25)23-12-15-6-8-18(27-3)19(10-15)28-4/h5-10,13H,11-12H2,1-4H3,(H,23,25)/t13-/m0/s1. The summed E-state index contributed by atoms with van der Waals surface area (Å²) in [6, 6.07) is 9.45. The van der Waals surface area contributed by atoms with Crippen LogP contribution in [0.2, 0.25) is 0 Å². The van der Waals surface area contributed by atoms with E-state index in [0.717, 1.165) is 5.56 Å². The molecule has 1 N–H and O–H groups in total. The van der Waals surface area contributed by atoms with E-state index in [1.165, 1.54) is 40.4 Å². The lowest BCUT2D eigenvalue weighted by Gasteiger charge is -2.14. The number of carbonyl (C=O) groups excluding carboxylic acids is 2. The van der Waals surface area contributed by atoms with Crippen LogP contribution >= 0.6 is 0 Å². The summed E-state index contributed by atoms with van der Waals surface area (Å²) >= 11 is 0. The van der Waals surface area contributed by atoms with E-state index in [2.05, 4.69) is 5.32 Å². The maximum Gasteiger partial charge on any atom is 0.311 e. The molecule has 0 spiro atoms. The van der Waals surface area contributed by atoms with Crippen LogP contribution in [-0.4, -0.2) is 39.3 Å².